The second-order valence-corrected chi connectivity index (χ2v) is 6.92. The molecule has 0 unspecified atom stereocenters. The minimum atomic E-state index is -0.231. The van der Waals surface area contributed by atoms with Crippen molar-refractivity contribution in [2.45, 2.75) is 13.5 Å². The van der Waals surface area contributed by atoms with Crippen molar-refractivity contribution in [3.63, 3.8) is 0 Å². The number of hydrogen-bond acceptors (Lipinski definition) is 6. The van der Waals surface area contributed by atoms with Crippen molar-refractivity contribution < 1.29 is 25.0 Å². The van der Waals surface area contributed by atoms with Crippen LogP contribution >= 0.6 is 0 Å². The quantitative estimate of drug-likeness (QED) is 0.491. The van der Waals surface area contributed by atoms with Crippen molar-refractivity contribution in [2.75, 3.05) is 7.11 Å². The summed E-state index contributed by atoms with van der Waals surface area (Å²) >= 11 is 0. The highest BCUT2D eigenvalue weighted by Gasteiger charge is 2.12. The molecule has 0 fully saturated rings. The Morgan fingerprint density at radius 3 is 2.57 bits per heavy atom. The van der Waals surface area contributed by atoms with Gasteiger partial charge in [-0.05, 0) is 54.0 Å². The van der Waals surface area contributed by atoms with E-state index < -0.39 is 0 Å². The van der Waals surface area contributed by atoms with E-state index in [1.54, 1.807) is 42.5 Å². The van der Waals surface area contributed by atoms with Gasteiger partial charge < -0.3 is 14.9 Å². The van der Waals surface area contributed by atoms with Gasteiger partial charge in [-0.2, -0.15) is 0 Å². The van der Waals surface area contributed by atoms with Crippen LogP contribution < -0.4 is 4.74 Å². The van der Waals surface area contributed by atoms with Gasteiger partial charge in [0.25, 0.3) is 0 Å². The van der Waals surface area contributed by atoms with Crippen LogP contribution in [0.4, 0.5) is 0 Å². The molecule has 3 N–H and O–H groups in total. The van der Waals surface area contributed by atoms with Crippen LogP contribution in [0.1, 0.15) is 16.7 Å². The summed E-state index contributed by atoms with van der Waals surface area (Å²) in [5.74, 6) is 0.290. The maximum absolute atomic E-state index is 12.2. The molecule has 3 rings (SSSR count). The molecule has 0 aliphatic heterocycles. The van der Waals surface area contributed by atoms with E-state index in [-0.39, 0.29) is 23.8 Å². The summed E-state index contributed by atoms with van der Waals surface area (Å²) in [5.41, 5.74) is 3.36. The zero-order chi connectivity index (χ0) is 21.7. The van der Waals surface area contributed by atoms with Crippen LogP contribution in [0.5, 0.6) is 17.2 Å². The zero-order valence-electron chi connectivity index (χ0n) is 16.7. The first kappa shape index (κ1) is 21.0. The molecule has 0 atom stereocenters. The first-order chi connectivity index (χ1) is 14.4. The number of methoxy groups -OCH3 is 1. The summed E-state index contributed by atoms with van der Waals surface area (Å²) in [6.45, 7) is 1.90. The number of hydroxylamine groups is 2. The van der Waals surface area contributed by atoms with Gasteiger partial charge in [0, 0.05) is 17.3 Å². The van der Waals surface area contributed by atoms with Crippen molar-refractivity contribution in [3.8, 4) is 17.2 Å². The normalized spacial score (nSPS) is 15.0. The molecule has 1 aliphatic rings. The van der Waals surface area contributed by atoms with Crippen LogP contribution in [0, 0.1) is 6.92 Å². The Morgan fingerprint density at radius 1 is 1.03 bits per heavy atom. The minimum Gasteiger partial charge on any atom is -0.508 e. The van der Waals surface area contributed by atoms with Crippen molar-refractivity contribution in [1.29, 1.82) is 0 Å². The molecule has 0 radical (unpaired) electrons. The Kier molecular flexibility index (Phi) is 6.39. The van der Waals surface area contributed by atoms with Crippen LogP contribution in [0.15, 0.2) is 78.0 Å². The number of ether oxygens (including phenoxy) is 1. The number of phenols is 2. The lowest BCUT2D eigenvalue weighted by molar-refractivity contribution is -0.111. The molecule has 0 saturated heterocycles. The van der Waals surface area contributed by atoms with E-state index in [0.29, 0.717) is 16.9 Å². The molecule has 2 aromatic carbocycles. The largest absolute Gasteiger partial charge is 0.508 e. The third-order valence-corrected chi connectivity index (χ3v) is 4.57. The smallest absolute Gasteiger partial charge is 0.187 e. The highest BCUT2D eigenvalue weighted by atomic mass is 16.5. The number of nitrogens with zero attached hydrogens (tertiary/aromatic N) is 1. The zero-order valence-corrected chi connectivity index (χ0v) is 16.7. The highest BCUT2D eigenvalue weighted by Crippen LogP contribution is 2.27. The van der Waals surface area contributed by atoms with Gasteiger partial charge in [0.2, 0.25) is 0 Å². The molecule has 0 bridgehead atoms. The predicted molar refractivity (Wildman–Crippen MR) is 114 cm³/mol. The standard InChI is InChI=1S/C24H23NO5/c1-16-3-8-19(23(28)11-16)14-25(29)15-20-12-17(6-9-21(20)26)4-5-18-7-10-22(27)24(13-18)30-2/h3-13,15,27-29H,14H2,1-2H3/b5-4+,20-15?. The number of benzene rings is 2. The number of allylic oxidation sites excluding steroid dienone is 6. The average molecular weight is 405 g/mol. The monoisotopic (exact) mass is 405 g/mol. The topological polar surface area (TPSA) is 90.2 Å². The molecule has 0 saturated carbocycles. The summed E-state index contributed by atoms with van der Waals surface area (Å²) < 4.78 is 5.10. The molecule has 0 amide bonds. The predicted octanol–water partition coefficient (Wildman–Crippen LogP) is 4.27. The number of carbonyl (C=O) groups excluding carboxylic acids is 1. The van der Waals surface area contributed by atoms with Crippen molar-refractivity contribution in [1.82, 2.24) is 5.06 Å². The second-order valence-electron chi connectivity index (χ2n) is 6.92. The maximum atomic E-state index is 12.2. The van der Waals surface area contributed by atoms with Crippen LogP contribution in [-0.4, -0.2) is 33.4 Å². The summed E-state index contributed by atoms with van der Waals surface area (Å²) in [7, 11) is 1.48. The van der Waals surface area contributed by atoms with Gasteiger partial charge in [0.15, 0.2) is 17.3 Å². The fourth-order valence-electron chi connectivity index (χ4n) is 2.95. The number of hydrogen-bond donors (Lipinski definition) is 3. The Balaban J connectivity index is 1.76. The third kappa shape index (κ3) is 5.18. The second kappa shape index (κ2) is 9.15. The van der Waals surface area contributed by atoms with E-state index in [1.807, 2.05) is 25.1 Å². The molecular formula is C24H23NO5. The van der Waals surface area contributed by atoms with E-state index >= 15 is 0 Å². The number of phenolic OH excluding ortho intramolecular Hbond substituents is 2. The van der Waals surface area contributed by atoms with E-state index in [9.17, 15) is 20.2 Å². The molecule has 1 aliphatic carbocycles. The number of rotatable bonds is 6. The molecule has 6 nitrogen and oxygen atoms in total. The Morgan fingerprint density at radius 2 is 1.83 bits per heavy atom. The third-order valence-electron chi connectivity index (χ3n) is 4.57. The van der Waals surface area contributed by atoms with Crippen LogP contribution in [0.2, 0.25) is 0 Å². The van der Waals surface area contributed by atoms with E-state index in [0.717, 1.165) is 21.8 Å². The van der Waals surface area contributed by atoms with Gasteiger partial charge in [0.1, 0.15) is 5.75 Å². The van der Waals surface area contributed by atoms with Crippen molar-refractivity contribution in [3.05, 3.63) is 94.7 Å². The maximum Gasteiger partial charge on any atom is 0.187 e. The summed E-state index contributed by atoms with van der Waals surface area (Å²) in [4.78, 5) is 12.2. The molecule has 30 heavy (non-hydrogen) atoms. The fourth-order valence-corrected chi connectivity index (χ4v) is 2.95. The van der Waals surface area contributed by atoms with Gasteiger partial charge >= 0.3 is 0 Å². The summed E-state index contributed by atoms with van der Waals surface area (Å²) in [6.07, 6.45) is 9.75. The van der Waals surface area contributed by atoms with Crippen molar-refractivity contribution >= 4 is 11.9 Å². The van der Waals surface area contributed by atoms with Gasteiger partial charge in [-0.15, -0.1) is 0 Å². The lowest BCUT2D eigenvalue weighted by Crippen LogP contribution is -2.14. The summed E-state index contributed by atoms with van der Waals surface area (Å²) in [5, 5.41) is 30.8. The first-order valence-electron chi connectivity index (χ1n) is 9.31. The van der Waals surface area contributed by atoms with Crippen LogP contribution in [0.25, 0.3) is 6.08 Å². The lowest BCUT2D eigenvalue weighted by Gasteiger charge is -2.15. The molecule has 6 heteroatoms. The molecule has 0 spiro atoms. The molecular weight excluding hydrogens is 382 g/mol. The van der Waals surface area contributed by atoms with Gasteiger partial charge in [-0.1, -0.05) is 36.4 Å². The van der Waals surface area contributed by atoms with Gasteiger partial charge in [0.05, 0.1) is 13.7 Å². The Bertz CT molecular complexity index is 1080. The molecule has 0 aromatic heterocycles. The Labute approximate surface area is 174 Å². The fraction of sp³-hybridized carbons (Fsp3) is 0.125. The number of aryl methyl sites for hydroxylation is 1. The molecule has 154 valence electrons. The molecule has 0 heterocycles. The Hall–Kier alpha value is -3.77. The lowest BCUT2D eigenvalue weighted by atomic mass is 10.0. The van der Waals surface area contributed by atoms with Gasteiger partial charge in [-0.3, -0.25) is 15.1 Å². The van der Waals surface area contributed by atoms with E-state index in [4.69, 9.17) is 4.74 Å². The van der Waals surface area contributed by atoms with E-state index in [1.165, 1.54) is 19.4 Å². The van der Waals surface area contributed by atoms with Crippen LogP contribution in [-0.2, 0) is 11.3 Å². The number of ketones is 1. The molecule has 2 aromatic rings. The van der Waals surface area contributed by atoms with Gasteiger partial charge in [-0.25, -0.2) is 0 Å². The highest BCUT2D eigenvalue weighted by molar-refractivity contribution is 6.08. The summed E-state index contributed by atoms with van der Waals surface area (Å²) in [6, 6.07) is 10.2. The first-order valence-corrected chi connectivity index (χ1v) is 9.31. The SMILES string of the molecule is COc1cc(/C=C/C2=CC(=CN(O)Cc3ccc(C)cc3O)C(=O)C=C2)ccc1O. The number of carbonyl (C=O) groups is 1. The van der Waals surface area contributed by atoms with Crippen LogP contribution in [0.3, 0.4) is 0 Å². The van der Waals surface area contributed by atoms with Crippen molar-refractivity contribution in [2.24, 2.45) is 0 Å². The number of aromatic hydroxyl groups is 2. The van der Waals surface area contributed by atoms with E-state index in [2.05, 4.69) is 0 Å². The minimum absolute atomic E-state index is 0.0406. The average Bonchev–Trinajstić information content (AvgIpc) is 2.71.